The van der Waals surface area contributed by atoms with Crippen LogP contribution in [0.25, 0.3) is 0 Å². The number of unbranched alkanes of at least 4 members (excludes halogenated alkanes) is 10. The molecule has 0 aromatic carbocycles. The van der Waals surface area contributed by atoms with Crippen LogP contribution >= 0.6 is 8.58 Å². The van der Waals surface area contributed by atoms with Crippen molar-refractivity contribution >= 4 is 15.9 Å². The zero-order valence-corrected chi connectivity index (χ0v) is 13.6. The monoisotopic (exact) mass is 290 g/mol. The third kappa shape index (κ3) is 18.4. The van der Waals surface area contributed by atoms with E-state index in [1.165, 1.54) is 70.6 Å². The van der Waals surface area contributed by atoms with Gasteiger partial charge in [-0.1, -0.05) is 79.7 Å². The molecule has 0 saturated heterocycles. The topological polar surface area (TPSA) is 49.7 Å². The number of hydrogen-bond donors (Lipinski definition) is 2. The average molecular weight is 290 g/mol. The van der Waals surface area contributed by atoms with Crippen molar-refractivity contribution in [3.63, 3.8) is 0 Å². The SMILES string of the molecule is CCCCCCCCCCCCCPCOB(O)O. The molecule has 0 rings (SSSR count). The van der Waals surface area contributed by atoms with Crippen molar-refractivity contribution in [1.82, 2.24) is 0 Å². The highest BCUT2D eigenvalue weighted by atomic mass is 31.1. The first-order valence-corrected chi connectivity index (χ1v) is 9.37. The van der Waals surface area contributed by atoms with E-state index < -0.39 is 7.32 Å². The molecule has 0 amide bonds. The van der Waals surface area contributed by atoms with E-state index in [0.717, 1.165) is 6.16 Å². The van der Waals surface area contributed by atoms with Gasteiger partial charge in [0.25, 0.3) is 0 Å². The van der Waals surface area contributed by atoms with Crippen molar-refractivity contribution in [1.29, 1.82) is 0 Å². The van der Waals surface area contributed by atoms with Gasteiger partial charge in [-0.05, 0) is 12.6 Å². The molecule has 2 N–H and O–H groups in total. The van der Waals surface area contributed by atoms with Gasteiger partial charge < -0.3 is 14.7 Å². The molecule has 0 aliphatic carbocycles. The largest absolute Gasteiger partial charge is 0.634 e. The van der Waals surface area contributed by atoms with E-state index in [9.17, 15) is 0 Å². The summed E-state index contributed by atoms with van der Waals surface area (Å²) in [4.78, 5) is 0. The van der Waals surface area contributed by atoms with Gasteiger partial charge in [0.2, 0.25) is 0 Å². The predicted molar refractivity (Wildman–Crippen MR) is 85.8 cm³/mol. The Morgan fingerprint density at radius 1 is 0.789 bits per heavy atom. The minimum Gasteiger partial charge on any atom is -0.402 e. The van der Waals surface area contributed by atoms with E-state index in [0.29, 0.717) is 14.9 Å². The molecule has 19 heavy (non-hydrogen) atoms. The van der Waals surface area contributed by atoms with Gasteiger partial charge >= 0.3 is 7.32 Å². The van der Waals surface area contributed by atoms with E-state index in [1.807, 2.05) is 0 Å². The van der Waals surface area contributed by atoms with Crippen LogP contribution in [-0.4, -0.2) is 29.9 Å². The quantitative estimate of drug-likeness (QED) is 0.273. The zero-order chi connectivity index (χ0) is 14.2. The molecule has 0 aromatic heterocycles. The molecule has 0 aromatic rings. The van der Waals surface area contributed by atoms with Crippen molar-refractivity contribution in [2.75, 3.05) is 12.5 Å². The normalized spacial score (nSPS) is 11.5. The summed E-state index contributed by atoms with van der Waals surface area (Å²) in [7, 11) is -0.898. The average Bonchev–Trinajstić information content (AvgIpc) is 2.39. The van der Waals surface area contributed by atoms with E-state index in [-0.39, 0.29) is 0 Å². The Labute approximate surface area is 121 Å². The molecule has 114 valence electrons. The first-order valence-electron chi connectivity index (χ1n) is 7.95. The highest BCUT2D eigenvalue weighted by molar-refractivity contribution is 7.37. The molecule has 0 aliphatic heterocycles. The minimum absolute atomic E-state index is 0.482. The smallest absolute Gasteiger partial charge is 0.402 e. The second-order valence-corrected chi connectivity index (χ2v) is 6.46. The summed E-state index contributed by atoms with van der Waals surface area (Å²) in [6.07, 6.45) is 16.7. The van der Waals surface area contributed by atoms with E-state index in [1.54, 1.807) is 0 Å². The maximum Gasteiger partial charge on any atom is 0.634 e. The lowest BCUT2D eigenvalue weighted by Crippen LogP contribution is -2.15. The van der Waals surface area contributed by atoms with Gasteiger partial charge in [0.1, 0.15) is 0 Å². The fraction of sp³-hybridized carbons (Fsp3) is 1.00. The fourth-order valence-electron chi connectivity index (χ4n) is 2.12. The van der Waals surface area contributed by atoms with Gasteiger partial charge in [-0.3, -0.25) is 0 Å². The highest BCUT2D eigenvalue weighted by Crippen LogP contribution is 2.15. The number of rotatable bonds is 15. The van der Waals surface area contributed by atoms with Crippen molar-refractivity contribution in [3.05, 3.63) is 0 Å². The molecule has 0 heterocycles. The highest BCUT2D eigenvalue weighted by Gasteiger charge is 2.06. The maximum atomic E-state index is 8.48. The lowest BCUT2D eigenvalue weighted by atomic mass is 10.1. The molecule has 0 aliphatic rings. The van der Waals surface area contributed by atoms with Crippen LogP contribution in [0.15, 0.2) is 0 Å². The second-order valence-electron chi connectivity index (χ2n) is 5.17. The summed E-state index contributed by atoms with van der Waals surface area (Å²) in [6, 6.07) is 0. The lowest BCUT2D eigenvalue weighted by Gasteiger charge is -2.04. The van der Waals surface area contributed by atoms with Crippen LogP contribution < -0.4 is 0 Å². The molecular weight excluding hydrogens is 258 g/mol. The molecule has 0 spiro atoms. The Bertz CT molecular complexity index is 171. The molecule has 3 nitrogen and oxygen atoms in total. The predicted octanol–water partition coefficient (Wildman–Crippen LogP) is 3.92. The van der Waals surface area contributed by atoms with Crippen molar-refractivity contribution in [2.45, 2.75) is 77.6 Å². The summed E-state index contributed by atoms with van der Waals surface area (Å²) in [6.45, 7) is 2.26. The third-order valence-corrected chi connectivity index (χ3v) is 4.37. The summed E-state index contributed by atoms with van der Waals surface area (Å²) >= 11 is 0. The standard InChI is InChI=1S/C14H32BO3P/c1-2-3-4-5-6-7-8-9-10-11-12-13-19-14-18-15(16)17/h16-17,19H,2-14H2,1H3. The summed E-state index contributed by atoms with van der Waals surface area (Å²) in [5.74, 6) is 0. The summed E-state index contributed by atoms with van der Waals surface area (Å²) in [5, 5.41) is 17.0. The van der Waals surface area contributed by atoms with Crippen molar-refractivity contribution in [3.8, 4) is 0 Å². The Hall–Kier alpha value is 0.375. The van der Waals surface area contributed by atoms with Crippen LogP contribution in [0.3, 0.4) is 0 Å². The molecule has 1 unspecified atom stereocenters. The lowest BCUT2D eigenvalue weighted by molar-refractivity contribution is 0.219. The second kappa shape index (κ2) is 16.4. The molecule has 0 saturated carbocycles. The van der Waals surface area contributed by atoms with E-state index in [2.05, 4.69) is 11.6 Å². The van der Waals surface area contributed by atoms with Crippen molar-refractivity contribution in [2.24, 2.45) is 0 Å². The Kier molecular flexibility index (Phi) is 16.8. The molecule has 1 atom stereocenters. The van der Waals surface area contributed by atoms with Crippen LogP contribution in [0.4, 0.5) is 0 Å². The van der Waals surface area contributed by atoms with Gasteiger partial charge in [-0.25, -0.2) is 0 Å². The first-order chi connectivity index (χ1) is 9.27. The van der Waals surface area contributed by atoms with Gasteiger partial charge in [-0.15, -0.1) is 0 Å². The molecular formula is C14H32BO3P. The van der Waals surface area contributed by atoms with Crippen LogP contribution in [0.2, 0.25) is 0 Å². The van der Waals surface area contributed by atoms with Crippen molar-refractivity contribution < 1.29 is 14.7 Å². The third-order valence-electron chi connectivity index (χ3n) is 3.29. The van der Waals surface area contributed by atoms with Crippen LogP contribution in [-0.2, 0) is 4.65 Å². The Morgan fingerprint density at radius 3 is 1.74 bits per heavy atom. The fourth-order valence-corrected chi connectivity index (χ4v) is 3.03. The summed E-state index contributed by atoms with van der Waals surface area (Å²) < 4.78 is 4.67. The molecule has 0 fully saturated rings. The maximum absolute atomic E-state index is 8.48. The summed E-state index contributed by atoms with van der Waals surface area (Å²) in [5.41, 5.74) is 0. The number of hydrogen-bond acceptors (Lipinski definition) is 3. The van der Waals surface area contributed by atoms with E-state index in [4.69, 9.17) is 10.0 Å². The minimum atomic E-state index is -1.59. The molecule has 5 heteroatoms. The van der Waals surface area contributed by atoms with Crippen LogP contribution in [0, 0.1) is 0 Å². The Balaban J connectivity index is 2.91. The first kappa shape index (κ1) is 19.4. The molecule has 0 bridgehead atoms. The van der Waals surface area contributed by atoms with Crippen LogP contribution in [0.5, 0.6) is 0 Å². The van der Waals surface area contributed by atoms with Crippen LogP contribution in [0.1, 0.15) is 77.6 Å². The Morgan fingerprint density at radius 2 is 1.26 bits per heavy atom. The van der Waals surface area contributed by atoms with E-state index >= 15 is 0 Å². The van der Waals surface area contributed by atoms with Gasteiger partial charge in [-0.2, -0.15) is 0 Å². The van der Waals surface area contributed by atoms with Gasteiger partial charge in [0.05, 0.1) is 6.35 Å². The molecule has 0 radical (unpaired) electrons. The van der Waals surface area contributed by atoms with Gasteiger partial charge in [0, 0.05) is 0 Å². The van der Waals surface area contributed by atoms with Gasteiger partial charge in [0.15, 0.2) is 0 Å². The zero-order valence-electron chi connectivity index (χ0n) is 12.6.